The summed E-state index contributed by atoms with van der Waals surface area (Å²) in [6.07, 6.45) is 4.13. The van der Waals surface area contributed by atoms with Crippen LogP contribution in [0.4, 0.5) is 5.69 Å². The predicted octanol–water partition coefficient (Wildman–Crippen LogP) is 1.32. The zero-order valence-corrected chi connectivity index (χ0v) is 12.2. The molecule has 0 aromatic carbocycles. The number of hydrogen-bond acceptors (Lipinski definition) is 4. The second-order valence-electron chi connectivity index (χ2n) is 5.46. The molecule has 2 aliphatic heterocycles. The molecule has 1 aromatic rings. The maximum Gasteiger partial charge on any atom is 0.228 e. The van der Waals surface area contributed by atoms with Crippen molar-refractivity contribution in [3.8, 4) is 0 Å². The molecule has 6 heteroatoms. The molecule has 0 aliphatic carbocycles. The number of halogens is 1. The second-order valence-corrected chi connectivity index (χ2v) is 5.87. The van der Waals surface area contributed by atoms with Crippen molar-refractivity contribution in [2.75, 3.05) is 38.3 Å². The largest absolute Gasteiger partial charge is 0.381 e. The molecule has 0 unspecified atom stereocenters. The normalized spacial score (nSPS) is 29.1. The minimum absolute atomic E-state index is 0.110. The van der Waals surface area contributed by atoms with Crippen molar-refractivity contribution in [3.05, 3.63) is 23.5 Å². The topological polar surface area (TPSA) is 54.5 Å². The van der Waals surface area contributed by atoms with Gasteiger partial charge in [-0.2, -0.15) is 0 Å². The number of pyridine rings is 1. The maximum atomic E-state index is 12.4. The van der Waals surface area contributed by atoms with Crippen molar-refractivity contribution < 1.29 is 9.53 Å². The van der Waals surface area contributed by atoms with Crippen molar-refractivity contribution in [3.63, 3.8) is 0 Å². The van der Waals surface area contributed by atoms with Gasteiger partial charge in [0.25, 0.3) is 0 Å². The van der Waals surface area contributed by atoms with E-state index in [4.69, 9.17) is 16.3 Å². The van der Waals surface area contributed by atoms with Gasteiger partial charge in [0.1, 0.15) is 0 Å². The van der Waals surface area contributed by atoms with E-state index in [9.17, 15) is 4.79 Å². The van der Waals surface area contributed by atoms with Gasteiger partial charge in [-0.3, -0.25) is 9.78 Å². The monoisotopic (exact) mass is 295 g/mol. The molecule has 2 saturated heterocycles. The highest BCUT2D eigenvalue weighted by Crippen LogP contribution is 2.44. The van der Waals surface area contributed by atoms with E-state index in [0.29, 0.717) is 24.8 Å². The molecule has 2 aliphatic rings. The van der Waals surface area contributed by atoms with Gasteiger partial charge in [0.05, 0.1) is 22.7 Å². The van der Waals surface area contributed by atoms with E-state index < -0.39 is 0 Å². The molecular weight excluding hydrogens is 278 g/mol. The van der Waals surface area contributed by atoms with Crippen LogP contribution in [-0.2, 0) is 9.53 Å². The first kappa shape index (κ1) is 13.6. The Morgan fingerprint density at radius 2 is 2.50 bits per heavy atom. The summed E-state index contributed by atoms with van der Waals surface area (Å²) in [5.41, 5.74) is 0.582. The van der Waals surface area contributed by atoms with Gasteiger partial charge < -0.3 is 15.0 Å². The van der Waals surface area contributed by atoms with Crippen LogP contribution in [0.2, 0.25) is 5.02 Å². The van der Waals surface area contributed by atoms with Crippen molar-refractivity contribution >= 4 is 23.2 Å². The smallest absolute Gasteiger partial charge is 0.228 e. The fourth-order valence-corrected chi connectivity index (χ4v) is 3.62. The van der Waals surface area contributed by atoms with Crippen LogP contribution < -0.4 is 10.2 Å². The van der Waals surface area contributed by atoms with Crippen LogP contribution in [0.25, 0.3) is 0 Å². The molecule has 1 amide bonds. The first-order chi connectivity index (χ1) is 9.67. The molecule has 3 rings (SSSR count). The third-order valence-corrected chi connectivity index (χ3v) is 4.77. The third kappa shape index (κ3) is 2.05. The molecule has 1 N–H and O–H groups in total. The van der Waals surface area contributed by atoms with E-state index in [-0.39, 0.29) is 17.2 Å². The standard InChI is InChI=1S/C14H18ClN3O2/c1-16-13(19)14-3-5-20-8-10(14)7-18(9-14)12-2-4-17-6-11(12)15/h2,4,6,10H,3,5,7-9H2,1H3,(H,16,19)/t10-,14+/m1/s1. The van der Waals surface area contributed by atoms with Gasteiger partial charge in [0.15, 0.2) is 0 Å². The number of aromatic nitrogens is 1. The van der Waals surface area contributed by atoms with Gasteiger partial charge in [-0.25, -0.2) is 0 Å². The van der Waals surface area contributed by atoms with Crippen LogP contribution in [-0.4, -0.2) is 44.2 Å². The number of carbonyl (C=O) groups excluding carboxylic acids is 1. The summed E-state index contributed by atoms with van der Waals surface area (Å²) in [7, 11) is 1.70. The van der Waals surface area contributed by atoms with Crippen LogP contribution in [0.3, 0.4) is 0 Å². The second kappa shape index (κ2) is 5.22. The number of ether oxygens (including phenoxy) is 1. The highest BCUT2D eigenvalue weighted by atomic mass is 35.5. The third-order valence-electron chi connectivity index (χ3n) is 4.48. The minimum Gasteiger partial charge on any atom is -0.381 e. The average molecular weight is 296 g/mol. The van der Waals surface area contributed by atoms with Gasteiger partial charge in [-0.1, -0.05) is 11.6 Å². The average Bonchev–Trinajstić information content (AvgIpc) is 2.87. The van der Waals surface area contributed by atoms with E-state index in [0.717, 1.165) is 18.7 Å². The van der Waals surface area contributed by atoms with Crippen molar-refractivity contribution in [1.29, 1.82) is 0 Å². The van der Waals surface area contributed by atoms with Gasteiger partial charge >= 0.3 is 0 Å². The highest BCUT2D eigenvalue weighted by molar-refractivity contribution is 6.33. The lowest BCUT2D eigenvalue weighted by molar-refractivity contribution is -0.138. The van der Waals surface area contributed by atoms with E-state index >= 15 is 0 Å². The molecule has 0 spiro atoms. The Labute approximate surface area is 123 Å². The van der Waals surface area contributed by atoms with E-state index in [1.165, 1.54) is 0 Å². The minimum atomic E-state index is -0.362. The summed E-state index contributed by atoms with van der Waals surface area (Å²) >= 11 is 6.22. The Morgan fingerprint density at radius 1 is 1.65 bits per heavy atom. The van der Waals surface area contributed by atoms with Gasteiger partial charge in [-0.15, -0.1) is 0 Å². The summed E-state index contributed by atoms with van der Waals surface area (Å²) < 4.78 is 5.57. The first-order valence-electron chi connectivity index (χ1n) is 6.82. The zero-order valence-electron chi connectivity index (χ0n) is 11.4. The molecule has 3 heterocycles. The number of nitrogens with zero attached hydrogens (tertiary/aromatic N) is 2. The first-order valence-corrected chi connectivity index (χ1v) is 7.19. The lowest BCUT2D eigenvalue weighted by atomic mass is 9.73. The quantitative estimate of drug-likeness (QED) is 0.894. The Bertz CT molecular complexity index is 525. The lowest BCUT2D eigenvalue weighted by Crippen LogP contribution is -2.49. The van der Waals surface area contributed by atoms with Crippen LogP contribution in [0.5, 0.6) is 0 Å². The molecular formula is C14H18ClN3O2. The summed E-state index contributed by atoms with van der Waals surface area (Å²) in [6.45, 7) is 2.75. The van der Waals surface area contributed by atoms with E-state index in [1.54, 1.807) is 19.4 Å². The number of carbonyl (C=O) groups is 1. The number of amides is 1. The maximum absolute atomic E-state index is 12.4. The Hall–Kier alpha value is -1.33. The van der Waals surface area contributed by atoms with Crippen LogP contribution in [0, 0.1) is 11.3 Å². The fourth-order valence-electron chi connectivity index (χ4n) is 3.38. The summed E-state index contributed by atoms with van der Waals surface area (Å²) in [6, 6.07) is 1.90. The zero-order chi connectivity index (χ0) is 14.2. The van der Waals surface area contributed by atoms with Crippen LogP contribution >= 0.6 is 11.6 Å². The molecule has 0 radical (unpaired) electrons. The van der Waals surface area contributed by atoms with Gasteiger partial charge in [-0.05, 0) is 12.5 Å². The summed E-state index contributed by atoms with van der Waals surface area (Å²) in [5, 5.41) is 3.44. The van der Waals surface area contributed by atoms with Crippen LogP contribution in [0.1, 0.15) is 6.42 Å². The lowest BCUT2D eigenvalue weighted by Gasteiger charge is -2.36. The fraction of sp³-hybridized carbons (Fsp3) is 0.571. The molecule has 0 saturated carbocycles. The Morgan fingerprint density at radius 3 is 3.25 bits per heavy atom. The molecule has 108 valence electrons. The molecule has 2 fully saturated rings. The van der Waals surface area contributed by atoms with E-state index in [1.807, 2.05) is 6.07 Å². The van der Waals surface area contributed by atoms with Gasteiger partial charge in [0, 0.05) is 45.1 Å². The van der Waals surface area contributed by atoms with Crippen molar-refractivity contribution in [2.45, 2.75) is 6.42 Å². The molecule has 0 bridgehead atoms. The van der Waals surface area contributed by atoms with Crippen molar-refractivity contribution in [1.82, 2.24) is 10.3 Å². The number of rotatable bonds is 2. The number of anilines is 1. The summed E-state index contributed by atoms with van der Waals surface area (Å²) in [5.74, 6) is 0.318. The molecule has 5 nitrogen and oxygen atoms in total. The number of fused-ring (bicyclic) bond motifs is 1. The highest BCUT2D eigenvalue weighted by Gasteiger charge is 2.53. The summed E-state index contributed by atoms with van der Waals surface area (Å²) in [4.78, 5) is 18.6. The van der Waals surface area contributed by atoms with Crippen LogP contribution in [0.15, 0.2) is 18.5 Å². The number of nitrogens with one attached hydrogen (secondary N) is 1. The van der Waals surface area contributed by atoms with E-state index in [2.05, 4.69) is 15.2 Å². The van der Waals surface area contributed by atoms with Gasteiger partial charge in [0.2, 0.25) is 5.91 Å². The molecule has 1 aromatic heterocycles. The Balaban J connectivity index is 1.92. The predicted molar refractivity (Wildman–Crippen MR) is 76.9 cm³/mol. The van der Waals surface area contributed by atoms with Crippen molar-refractivity contribution in [2.24, 2.45) is 11.3 Å². The SMILES string of the molecule is CNC(=O)[C@]12CCOC[C@H]1CN(c1ccncc1Cl)C2. The number of hydrogen-bond donors (Lipinski definition) is 1. The Kier molecular flexibility index (Phi) is 3.56. The molecule has 2 atom stereocenters. The molecule has 20 heavy (non-hydrogen) atoms.